The molecule has 0 spiro atoms. The van der Waals surface area contributed by atoms with Crippen molar-refractivity contribution in [3.63, 3.8) is 0 Å². The van der Waals surface area contributed by atoms with Crippen molar-refractivity contribution in [2.75, 3.05) is 28.7 Å². The maximum Gasteiger partial charge on any atom is 0.414 e. The van der Waals surface area contributed by atoms with Crippen LogP contribution in [0.25, 0.3) is 0 Å². The van der Waals surface area contributed by atoms with E-state index in [1.165, 1.54) is 0 Å². The fourth-order valence-electron chi connectivity index (χ4n) is 4.18. The van der Waals surface area contributed by atoms with E-state index >= 15 is 0 Å². The van der Waals surface area contributed by atoms with Gasteiger partial charge in [-0.15, -0.1) is 0 Å². The van der Waals surface area contributed by atoms with Crippen molar-refractivity contribution in [2.45, 2.75) is 39.2 Å². The number of carbonyl (C=O) groups excluding carboxylic acids is 2. The summed E-state index contributed by atoms with van der Waals surface area (Å²) in [7, 11) is 0. The van der Waals surface area contributed by atoms with Crippen LogP contribution in [-0.2, 0) is 22.6 Å². The number of carboxylic acid groups (broad SMARTS) is 1. The average molecular weight is 518 g/mol. The standard InChI is InChI=1S/C29H31N3O6/c1-20-7-2-3-10-25(20)31-28(35)30-23-12-13-26-22(18-23)14-15-32(26)29(36)38-19-21-8-6-9-24(17-21)37-16-5-4-11-27(33)34/h2-3,6-10,12-13,17-18H,4-5,11,14-16,19H2,1H3,(H,33,34)(H2,30,31,35). The number of benzene rings is 3. The Labute approximate surface area is 221 Å². The number of para-hydroxylation sites is 1. The highest BCUT2D eigenvalue weighted by Crippen LogP contribution is 2.31. The van der Waals surface area contributed by atoms with E-state index in [2.05, 4.69) is 10.6 Å². The molecule has 0 aliphatic carbocycles. The quantitative estimate of drug-likeness (QED) is 0.285. The Hall–Kier alpha value is -4.53. The molecule has 3 N–H and O–H groups in total. The van der Waals surface area contributed by atoms with Crippen LogP contribution in [0.3, 0.4) is 0 Å². The first-order valence-corrected chi connectivity index (χ1v) is 12.5. The highest BCUT2D eigenvalue weighted by Gasteiger charge is 2.26. The molecule has 4 rings (SSSR count). The number of nitrogens with one attached hydrogen (secondary N) is 2. The summed E-state index contributed by atoms with van der Waals surface area (Å²) in [6.45, 7) is 2.94. The molecule has 0 bridgehead atoms. The van der Waals surface area contributed by atoms with Gasteiger partial charge in [0, 0.05) is 24.3 Å². The second-order valence-corrected chi connectivity index (χ2v) is 9.04. The smallest absolute Gasteiger partial charge is 0.414 e. The van der Waals surface area contributed by atoms with Crippen LogP contribution >= 0.6 is 0 Å². The molecule has 1 heterocycles. The molecule has 3 aromatic carbocycles. The molecule has 9 nitrogen and oxygen atoms in total. The molecule has 0 aromatic heterocycles. The number of carbonyl (C=O) groups is 3. The first kappa shape index (κ1) is 26.5. The zero-order chi connectivity index (χ0) is 26.9. The number of aliphatic carboxylic acids is 1. The Morgan fingerprint density at radius 1 is 0.974 bits per heavy atom. The Morgan fingerprint density at radius 3 is 2.63 bits per heavy atom. The zero-order valence-electron chi connectivity index (χ0n) is 21.2. The van der Waals surface area contributed by atoms with Crippen molar-refractivity contribution < 1.29 is 29.0 Å². The van der Waals surface area contributed by atoms with Crippen LogP contribution in [0.4, 0.5) is 26.7 Å². The van der Waals surface area contributed by atoms with E-state index in [-0.39, 0.29) is 19.1 Å². The van der Waals surface area contributed by atoms with E-state index in [1.807, 2.05) is 67.6 Å². The molecule has 0 unspecified atom stereocenters. The highest BCUT2D eigenvalue weighted by molar-refractivity contribution is 6.00. The van der Waals surface area contributed by atoms with Crippen LogP contribution in [0, 0.1) is 6.92 Å². The van der Waals surface area contributed by atoms with Crippen LogP contribution in [0.5, 0.6) is 5.75 Å². The molecular weight excluding hydrogens is 486 g/mol. The molecule has 0 saturated heterocycles. The lowest BCUT2D eigenvalue weighted by molar-refractivity contribution is -0.137. The number of ether oxygens (including phenoxy) is 2. The number of hydrogen-bond acceptors (Lipinski definition) is 5. The molecule has 9 heteroatoms. The highest BCUT2D eigenvalue weighted by atomic mass is 16.6. The Morgan fingerprint density at radius 2 is 1.82 bits per heavy atom. The minimum Gasteiger partial charge on any atom is -0.494 e. The number of rotatable bonds is 10. The van der Waals surface area contributed by atoms with Gasteiger partial charge in [0.25, 0.3) is 0 Å². The predicted molar refractivity (Wildman–Crippen MR) is 145 cm³/mol. The van der Waals surface area contributed by atoms with Gasteiger partial charge in [-0.05, 0) is 79.3 Å². The molecule has 0 radical (unpaired) electrons. The second-order valence-electron chi connectivity index (χ2n) is 9.04. The van der Waals surface area contributed by atoms with Gasteiger partial charge in [0.15, 0.2) is 0 Å². The summed E-state index contributed by atoms with van der Waals surface area (Å²) >= 11 is 0. The molecule has 0 atom stereocenters. The van der Waals surface area contributed by atoms with E-state index in [9.17, 15) is 14.4 Å². The van der Waals surface area contributed by atoms with Crippen LogP contribution in [0.2, 0.25) is 0 Å². The van der Waals surface area contributed by atoms with Crippen LogP contribution in [0.1, 0.15) is 36.0 Å². The minimum atomic E-state index is -0.812. The zero-order valence-corrected chi connectivity index (χ0v) is 21.2. The number of hydrogen-bond donors (Lipinski definition) is 3. The van der Waals surface area contributed by atoms with Gasteiger partial charge in [0.05, 0.1) is 12.3 Å². The first-order chi connectivity index (χ1) is 18.4. The van der Waals surface area contributed by atoms with Crippen molar-refractivity contribution in [1.82, 2.24) is 0 Å². The number of anilines is 3. The summed E-state index contributed by atoms with van der Waals surface area (Å²) < 4.78 is 11.2. The summed E-state index contributed by atoms with van der Waals surface area (Å²) in [4.78, 5) is 37.4. The number of nitrogens with zero attached hydrogens (tertiary/aromatic N) is 1. The van der Waals surface area contributed by atoms with Gasteiger partial charge in [-0.1, -0.05) is 30.3 Å². The second kappa shape index (κ2) is 12.6. The number of amides is 3. The molecular formula is C29H31N3O6. The summed E-state index contributed by atoms with van der Waals surface area (Å²) in [5, 5.41) is 14.4. The van der Waals surface area contributed by atoms with Gasteiger partial charge in [0.2, 0.25) is 0 Å². The average Bonchev–Trinajstić information content (AvgIpc) is 3.32. The van der Waals surface area contributed by atoms with Gasteiger partial charge in [-0.3, -0.25) is 9.69 Å². The third-order valence-corrected chi connectivity index (χ3v) is 6.16. The lowest BCUT2D eigenvalue weighted by Crippen LogP contribution is -2.29. The van der Waals surface area contributed by atoms with E-state index < -0.39 is 12.1 Å². The van der Waals surface area contributed by atoms with Crippen LogP contribution in [-0.4, -0.2) is 36.4 Å². The number of urea groups is 1. The number of aryl methyl sites for hydroxylation is 1. The number of carboxylic acids is 1. The van der Waals surface area contributed by atoms with Crippen LogP contribution in [0.15, 0.2) is 66.7 Å². The summed E-state index contributed by atoms with van der Waals surface area (Å²) in [5.41, 5.74) is 4.86. The van der Waals surface area contributed by atoms with Crippen molar-refractivity contribution in [3.05, 3.63) is 83.4 Å². The molecule has 1 aliphatic rings. The third-order valence-electron chi connectivity index (χ3n) is 6.16. The number of fused-ring (bicyclic) bond motifs is 1. The van der Waals surface area contributed by atoms with Gasteiger partial charge >= 0.3 is 18.1 Å². The molecule has 3 amide bonds. The fourth-order valence-corrected chi connectivity index (χ4v) is 4.18. The van der Waals surface area contributed by atoms with Gasteiger partial charge in [0.1, 0.15) is 12.4 Å². The normalized spacial score (nSPS) is 12.0. The third kappa shape index (κ3) is 7.25. The lowest BCUT2D eigenvalue weighted by Gasteiger charge is -2.18. The van der Waals surface area contributed by atoms with Crippen LogP contribution < -0.4 is 20.3 Å². The maximum atomic E-state index is 12.8. The van der Waals surface area contributed by atoms with E-state index in [4.69, 9.17) is 14.6 Å². The maximum absolute atomic E-state index is 12.8. The van der Waals surface area contributed by atoms with Gasteiger partial charge in [-0.2, -0.15) is 0 Å². The summed E-state index contributed by atoms with van der Waals surface area (Å²) in [6.07, 6.45) is 1.54. The summed E-state index contributed by atoms with van der Waals surface area (Å²) in [6, 6.07) is 20.0. The fraction of sp³-hybridized carbons (Fsp3) is 0.276. The topological polar surface area (TPSA) is 117 Å². The van der Waals surface area contributed by atoms with Crippen molar-refractivity contribution in [3.8, 4) is 5.75 Å². The number of unbranched alkanes of at least 4 members (excludes halogenated alkanes) is 1. The first-order valence-electron chi connectivity index (χ1n) is 12.5. The van der Waals surface area contributed by atoms with Crippen molar-refractivity contribution in [2.24, 2.45) is 0 Å². The molecule has 0 fully saturated rings. The molecule has 3 aromatic rings. The largest absolute Gasteiger partial charge is 0.494 e. The molecule has 38 heavy (non-hydrogen) atoms. The summed E-state index contributed by atoms with van der Waals surface area (Å²) in [5.74, 6) is -0.167. The monoisotopic (exact) mass is 517 g/mol. The van der Waals surface area contributed by atoms with Crippen molar-refractivity contribution >= 4 is 35.2 Å². The molecule has 1 aliphatic heterocycles. The predicted octanol–water partition coefficient (Wildman–Crippen LogP) is 5.97. The van der Waals surface area contributed by atoms with Crippen molar-refractivity contribution in [1.29, 1.82) is 0 Å². The van der Waals surface area contributed by atoms with Gasteiger partial charge < -0.3 is 25.2 Å². The van der Waals surface area contributed by atoms with E-state index in [0.29, 0.717) is 43.9 Å². The molecule has 198 valence electrons. The van der Waals surface area contributed by atoms with Gasteiger partial charge in [-0.25, -0.2) is 9.59 Å². The SMILES string of the molecule is Cc1ccccc1NC(=O)Nc1ccc2c(c1)CCN2C(=O)OCc1cccc(OCCCCC(=O)O)c1. The molecule has 0 saturated carbocycles. The Bertz CT molecular complexity index is 1310. The van der Waals surface area contributed by atoms with E-state index in [0.717, 1.165) is 28.1 Å². The minimum absolute atomic E-state index is 0.0968. The Kier molecular flexibility index (Phi) is 8.81. The Balaban J connectivity index is 1.27. The lowest BCUT2D eigenvalue weighted by atomic mass is 10.1. The van der Waals surface area contributed by atoms with E-state index in [1.54, 1.807) is 11.0 Å².